The molecule has 436 valence electrons. The van der Waals surface area contributed by atoms with Crippen LogP contribution in [0.25, 0.3) is 0 Å². The second kappa shape index (κ2) is 138. The fourth-order valence-electron chi connectivity index (χ4n) is 3.30. The van der Waals surface area contributed by atoms with E-state index in [0.717, 1.165) is 124 Å². The summed E-state index contributed by atoms with van der Waals surface area (Å²) in [5, 5.41) is 14.9. The van der Waals surface area contributed by atoms with Crippen LogP contribution in [0.4, 0.5) is 4.79 Å². The maximum atomic E-state index is 10.5. The predicted octanol–water partition coefficient (Wildman–Crippen LogP) is 14.6. The molecule has 0 aliphatic rings. The summed E-state index contributed by atoms with van der Waals surface area (Å²) in [4.78, 5) is 26.7. The molecule has 0 aromatic rings. The topological polar surface area (TPSA) is 179 Å². The Balaban J connectivity index is -0.0000000296. The Labute approximate surface area is 430 Å². The third-order valence-electron chi connectivity index (χ3n) is 6.29. The molecule has 1 unspecified atom stereocenters. The zero-order chi connectivity index (χ0) is 45.4. The van der Waals surface area contributed by atoms with Gasteiger partial charge in [-0.1, -0.05) is 129 Å². The van der Waals surface area contributed by atoms with Crippen molar-refractivity contribution in [2.24, 2.45) is 0 Å². The quantitative estimate of drug-likeness (QED) is 0.0418. The molecule has 0 aromatic heterocycles. The highest BCUT2D eigenvalue weighted by molar-refractivity contribution is 5.66. The number of aliphatic hydroxyl groups excluding tert-OH is 1. The van der Waals surface area contributed by atoms with Crippen LogP contribution < -0.4 is 10.6 Å². The van der Waals surface area contributed by atoms with E-state index >= 15 is 0 Å². The van der Waals surface area contributed by atoms with Crippen LogP contribution in [0.15, 0.2) is 0 Å². The van der Waals surface area contributed by atoms with Gasteiger partial charge in [-0.05, 0) is 99.5 Å². The van der Waals surface area contributed by atoms with Crippen LogP contribution in [0, 0.1) is 0 Å². The summed E-state index contributed by atoms with van der Waals surface area (Å²) in [5.74, 6) is 0. The fraction of sp³-hybridized carbons (Fsp3) is 0.962. The highest BCUT2D eigenvalue weighted by Gasteiger charge is 1.99. The second-order valence-electron chi connectivity index (χ2n) is 11.6. The SMILES string of the molecule is C.C.C.C.C.C.C.C.C.C.CCCCCOCOCC.CCCOC(=O)NCC.CCCOCC.CCCOCCOCOCC.CCNCCOCC.CCOCCCCC(O)CC.O=C=O. The van der Waals surface area contributed by atoms with Crippen molar-refractivity contribution < 1.29 is 62.1 Å². The minimum atomic E-state index is -0.320. The van der Waals surface area contributed by atoms with Crippen LogP contribution >= 0.6 is 0 Å². The lowest BCUT2D eigenvalue weighted by molar-refractivity contribution is -0.191. The molecular formula is C53H136N2O13. The van der Waals surface area contributed by atoms with Crippen LogP contribution in [-0.4, -0.2) is 143 Å². The van der Waals surface area contributed by atoms with Gasteiger partial charge in [0.1, 0.15) is 13.6 Å². The summed E-state index contributed by atoms with van der Waals surface area (Å²) in [7, 11) is 0. The smallest absolute Gasteiger partial charge is 0.407 e. The summed E-state index contributed by atoms with van der Waals surface area (Å²) in [6, 6.07) is 0. The minimum absolute atomic E-state index is 0. The van der Waals surface area contributed by atoms with Gasteiger partial charge in [0.25, 0.3) is 0 Å². The molecule has 0 saturated carbocycles. The Morgan fingerprint density at radius 2 is 0.824 bits per heavy atom. The van der Waals surface area contributed by atoms with E-state index in [1.54, 1.807) is 0 Å². The first-order chi connectivity index (χ1) is 28.2. The zero-order valence-corrected chi connectivity index (χ0v) is 39.7. The summed E-state index contributed by atoms with van der Waals surface area (Å²) in [6.07, 6.45) is 10.5. The van der Waals surface area contributed by atoms with Gasteiger partial charge in [0.2, 0.25) is 0 Å². The molecule has 0 aliphatic heterocycles. The second-order valence-corrected chi connectivity index (χ2v) is 11.6. The van der Waals surface area contributed by atoms with E-state index in [0.29, 0.717) is 46.6 Å². The highest BCUT2D eigenvalue weighted by Crippen LogP contribution is 2.03. The average molecular weight is 1010 g/mol. The Morgan fingerprint density at radius 1 is 0.441 bits per heavy atom. The number of carbonyl (C=O) groups is 1. The summed E-state index contributed by atoms with van der Waals surface area (Å²) in [6.45, 7) is 37.7. The molecule has 0 fully saturated rings. The standard InChI is InChI=1S/C9H20O2.C8H18O3.C8H18O2.C6H13NO2.C6H15NO.C5H12O.CO2.10CH4/c1-3-9(10)7-5-6-8-11-4-2;1-3-5-10-6-7-11-8-9-4-2;1-3-5-6-7-10-8-9-4-2;1-3-5-9-6(8)7-4-2;1-3-7-5-6-8-4-2;1-3-5-6-4-2;2-1-3;;;;;;;;;;/h9-10H,3-8H2,1-2H3;3-8H2,1-2H3;3-8H2,1-2H3;3-5H2,1-2H3,(H,7,8);7H,3-6H2,1-2H3;3-5H2,1-2H3;;10*1H4. The number of amides is 1. The van der Waals surface area contributed by atoms with Gasteiger partial charge in [-0.3, -0.25) is 0 Å². The molecule has 1 amide bonds. The number of carbonyl (C=O) groups excluding carboxylic acids is 3. The maximum absolute atomic E-state index is 10.5. The number of unbranched alkanes of at least 4 members (excludes halogenated alkanes) is 3. The van der Waals surface area contributed by atoms with Gasteiger partial charge in [0.15, 0.2) is 0 Å². The summed E-state index contributed by atoms with van der Waals surface area (Å²) in [5.41, 5.74) is 0. The number of hydrogen-bond acceptors (Lipinski definition) is 14. The molecule has 0 heterocycles. The zero-order valence-electron chi connectivity index (χ0n) is 39.7. The Bertz CT molecular complexity index is 642. The van der Waals surface area contributed by atoms with Crippen LogP contribution in [-0.2, 0) is 52.2 Å². The van der Waals surface area contributed by atoms with Gasteiger partial charge in [-0.2, -0.15) is 9.59 Å². The molecule has 3 N–H and O–H groups in total. The first kappa shape index (κ1) is 116. The van der Waals surface area contributed by atoms with Gasteiger partial charge in [-0.25, -0.2) is 4.79 Å². The van der Waals surface area contributed by atoms with E-state index in [-0.39, 0.29) is 92.6 Å². The number of rotatable bonds is 33. The van der Waals surface area contributed by atoms with E-state index in [1.165, 1.54) is 12.8 Å². The minimum Gasteiger partial charge on any atom is -0.450 e. The average Bonchev–Trinajstić information content (AvgIpc) is 3.23. The van der Waals surface area contributed by atoms with Crippen molar-refractivity contribution in [2.45, 2.75) is 228 Å². The molecule has 15 heteroatoms. The summed E-state index contributed by atoms with van der Waals surface area (Å²) < 4.78 is 45.3. The Kier molecular flexibility index (Phi) is 235. The van der Waals surface area contributed by atoms with Crippen molar-refractivity contribution >= 4 is 12.2 Å². The lowest BCUT2D eigenvalue weighted by Gasteiger charge is -2.06. The van der Waals surface area contributed by atoms with E-state index in [4.69, 9.17) is 47.5 Å². The van der Waals surface area contributed by atoms with E-state index in [9.17, 15) is 9.90 Å². The van der Waals surface area contributed by atoms with Gasteiger partial charge in [-0.15, -0.1) is 0 Å². The van der Waals surface area contributed by atoms with Crippen molar-refractivity contribution in [3.63, 3.8) is 0 Å². The largest absolute Gasteiger partial charge is 0.450 e. The molecule has 0 bridgehead atoms. The van der Waals surface area contributed by atoms with Crippen molar-refractivity contribution in [1.29, 1.82) is 0 Å². The number of hydrogen-bond donors (Lipinski definition) is 3. The van der Waals surface area contributed by atoms with Crippen LogP contribution in [0.2, 0.25) is 0 Å². The molecule has 0 aromatic carbocycles. The third kappa shape index (κ3) is 185. The van der Waals surface area contributed by atoms with Gasteiger partial charge >= 0.3 is 12.2 Å². The predicted molar refractivity (Wildman–Crippen MR) is 302 cm³/mol. The highest BCUT2D eigenvalue weighted by atomic mass is 16.7. The molecule has 0 aliphatic carbocycles. The number of likely N-dealkylation sites (N-methyl/N-ethyl adjacent to an activating group) is 1. The first-order valence-electron chi connectivity index (χ1n) is 22.1. The summed E-state index contributed by atoms with van der Waals surface area (Å²) >= 11 is 0. The van der Waals surface area contributed by atoms with Crippen molar-refractivity contribution in [3.8, 4) is 0 Å². The normalized spacial score (nSPS) is 8.54. The molecule has 68 heavy (non-hydrogen) atoms. The van der Waals surface area contributed by atoms with Crippen molar-refractivity contribution in [3.05, 3.63) is 0 Å². The van der Waals surface area contributed by atoms with Crippen molar-refractivity contribution in [1.82, 2.24) is 10.6 Å². The van der Waals surface area contributed by atoms with E-state index in [1.807, 2.05) is 55.4 Å². The number of aliphatic hydroxyl groups is 1. The maximum Gasteiger partial charge on any atom is 0.407 e. The third-order valence-corrected chi connectivity index (χ3v) is 6.29. The molecule has 1 atom stereocenters. The molecule has 0 radical (unpaired) electrons. The van der Waals surface area contributed by atoms with Gasteiger partial charge in [0.05, 0.1) is 32.5 Å². The van der Waals surface area contributed by atoms with Crippen molar-refractivity contribution in [2.75, 3.05) is 119 Å². The lowest BCUT2D eigenvalue weighted by Crippen LogP contribution is -2.23. The van der Waals surface area contributed by atoms with E-state index in [2.05, 4.69) is 43.1 Å². The number of ether oxygens (including phenoxy) is 9. The van der Waals surface area contributed by atoms with E-state index < -0.39 is 0 Å². The lowest BCUT2D eigenvalue weighted by atomic mass is 10.1. The number of nitrogens with one attached hydrogen (secondary N) is 2. The Morgan fingerprint density at radius 3 is 1.21 bits per heavy atom. The fourth-order valence-corrected chi connectivity index (χ4v) is 3.30. The first-order valence-corrected chi connectivity index (χ1v) is 22.1. The molecule has 15 nitrogen and oxygen atoms in total. The molecule has 0 rings (SSSR count). The molecule has 0 saturated heterocycles. The molecule has 0 spiro atoms. The van der Waals surface area contributed by atoms with Crippen LogP contribution in [0.5, 0.6) is 0 Å². The number of alkyl carbamates (subject to hydrolysis) is 1. The Hall–Kier alpha value is -1.75. The van der Waals surface area contributed by atoms with Gasteiger partial charge in [0, 0.05) is 72.6 Å². The molecular weight excluding hydrogens is 873 g/mol. The van der Waals surface area contributed by atoms with Crippen LogP contribution in [0.1, 0.15) is 222 Å². The van der Waals surface area contributed by atoms with Gasteiger partial charge < -0.3 is 58.4 Å². The van der Waals surface area contributed by atoms with Crippen LogP contribution in [0.3, 0.4) is 0 Å². The monoisotopic (exact) mass is 1010 g/mol.